The molecule has 5 nitrogen and oxygen atoms in total. The highest BCUT2D eigenvalue weighted by atomic mass is 19.4. The van der Waals surface area contributed by atoms with Gasteiger partial charge in [0.15, 0.2) is 17.7 Å². The quantitative estimate of drug-likeness (QED) is 0.0606. The summed E-state index contributed by atoms with van der Waals surface area (Å²) in [5, 5.41) is 0. The zero-order valence-electron chi connectivity index (χ0n) is 26.0. The average molecular weight is 631 g/mol. The van der Waals surface area contributed by atoms with Gasteiger partial charge in [0, 0.05) is 0 Å². The van der Waals surface area contributed by atoms with E-state index in [-0.39, 0.29) is 12.0 Å². The zero-order chi connectivity index (χ0) is 32.7. The van der Waals surface area contributed by atoms with Crippen molar-refractivity contribution in [2.75, 3.05) is 6.61 Å². The highest BCUT2D eigenvalue weighted by molar-refractivity contribution is 5.93. The summed E-state index contributed by atoms with van der Waals surface area (Å²) in [6.45, 7) is 4.79. The van der Waals surface area contributed by atoms with Gasteiger partial charge in [-0.1, -0.05) is 95.5 Å². The largest absolute Gasteiger partial charge is 0.494 e. The molecule has 0 heterocycles. The topological polar surface area (TPSA) is 61.8 Å². The Kier molecular flexibility index (Phi) is 14.4. The lowest BCUT2D eigenvalue weighted by molar-refractivity contribution is -0.206. The molecule has 0 aliphatic rings. The van der Waals surface area contributed by atoms with Gasteiger partial charge >= 0.3 is 18.1 Å². The van der Waals surface area contributed by atoms with Gasteiger partial charge in [0.25, 0.3) is 0 Å². The van der Waals surface area contributed by atoms with Gasteiger partial charge in [0.05, 0.1) is 17.7 Å². The van der Waals surface area contributed by atoms with Gasteiger partial charge in [0.1, 0.15) is 5.75 Å². The van der Waals surface area contributed by atoms with Crippen LogP contribution in [0.2, 0.25) is 0 Å². The molecule has 0 saturated heterocycles. The van der Waals surface area contributed by atoms with Crippen LogP contribution >= 0.6 is 0 Å². The van der Waals surface area contributed by atoms with E-state index < -0.39 is 47.8 Å². The Morgan fingerprint density at radius 3 is 1.91 bits per heavy atom. The summed E-state index contributed by atoms with van der Waals surface area (Å²) in [4.78, 5) is 25.3. The van der Waals surface area contributed by atoms with Gasteiger partial charge in [-0.25, -0.2) is 14.0 Å². The SMILES string of the molecule is CCCCCCCCOc1ccc(-c2ccc(C(=O)Oc3cccc(C(=O)OC(CCCCCC)C(F)(F)F)c3F)cc2)cc1. The second-order valence-corrected chi connectivity index (χ2v) is 11.0. The summed E-state index contributed by atoms with van der Waals surface area (Å²) in [7, 11) is 0. The Balaban J connectivity index is 1.57. The van der Waals surface area contributed by atoms with E-state index in [0.717, 1.165) is 54.7 Å². The molecule has 0 bridgehead atoms. The lowest BCUT2D eigenvalue weighted by Crippen LogP contribution is -2.34. The second-order valence-electron chi connectivity index (χ2n) is 11.0. The zero-order valence-corrected chi connectivity index (χ0v) is 26.0. The van der Waals surface area contributed by atoms with Gasteiger partial charge in [-0.3, -0.25) is 0 Å². The molecule has 0 radical (unpaired) electrons. The summed E-state index contributed by atoms with van der Waals surface area (Å²) in [6.07, 6.45) is 1.93. The van der Waals surface area contributed by atoms with Crippen LogP contribution in [0.5, 0.6) is 11.5 Å². The first-order valence-electron chi connectivity index (χ1n) is 15.8. The molecule has 0 amide bonds. The number of halogens is 4. The van der Waals surface area contributed by atoms with Crippen molar-refractivity contribution in [2.45, 2.75) is 96.8 Å². The molecular weight excluding hydrogens is 588 g/mol. The van der Waals surface area contributed by atoms with Crippen LogP contribution < -0.4 is 9.47 Å². The fourth-order valence-corrected chi connectivity index (χ4v) is 4.76. The molecule has 0 fully saturated rings. The Morgan fingerprint density at radius 1 is 0.711 bits per heavy atom. The molecular formula is C36H42F4O5. The molecule has 0 saturated carbocycles. The van der Waals surface area contributed by atoms with E-state index in [2.05, 4.69) is 11.7 Å². The van der Waals surface area contributed by atoms with Gasteiger partial charge in [-0.15, -0.1) is 0 Å². The van der Waals surface area contributed by atoms with Crippen molar-refractivity contribution < 1.29 is 41.4 Å². The highest BCUT2D eigenvalue weighted by Gasteiger charge is 2.42. The summed E-state index contributed by atoms with van der Waals surface area (Å²) < 4.78 is 71.1. The van der Waals surface area contributed by atoms with E-state index in [9.17, 15) is 22.8 Å². The standard InChI is InChI=1S/C36H42F4O5/c1-3-5-7-9-10-12-25-43-29-23-21-27(22-24-29)26-17-19-28(20-18-26)34(41)44-31-15-13-14-30(33(31)37)35(42)45-32(36(38,39)40)16-11-8-6-4-2/h13-15,17-24,32H,3-12,16,25H2,1-2H3. The predicted octanol–water partition coefficient (Wildman–Crippen LogP) is 10.5. The molecule has 0 spiro atoms. The van der Waals surface area contributed by atoms with Gasteiger partial charge < -0.3 is 14.2 Å². The van der Waals surface area contributed by atoms with Crippen molar-refractivity contribution in [3.8, 4) is 22.6 Å². The molecule has 1 atom stereocenters. The van der Waals surface area contributed by atoms with Gasteiger partial charge in [-0.05, 0) is 66.8 Å². The molecule has 3 aromatic carbocycles. The van der Waals surface area contributed by atoms with E-state index in [4.69, 9.17) is 9.47 Å². The molecule has 0 aromatic heterocycles. The minimum atomic E-state index is -4.79. The molecule has 0 N–H and O–H groups in total. The highest BCUT2D eigenvalue weighted by Crippen LogP contribution is 2.30. The van der Waals surface area contributed by atoms with Gasteiger partial charge in [-0.2, -0.15) is 13.2 Å². The van der Waals surface area contributed by atoms with Crippen molar-refractivity contribution in [3.63, 3.8) is 0 Å². The van der Waals surface area contributed by atoms with E-state index >= 15 is 4.39 Å². The van der Waals surface area contributed by atoms with E-state index in [1.807, 2.05) is 31.2 Å². The Morgan fingerprint density at radius 2 is 1.29 bits per heavy atom. The first-order chi connectivity index (χ1) is 21.6. The van der Waals surface area contributed by atoms with E-state index in [0.29, 0.717) is 13.0 Å². The first-order valence-corrected chi connectivity index (χ1v) is 15.8. The molecule has 1 unspecified atom stereocenters. The third-order valence-electron chi connectivity index (χ3n) is 7.39. The number of carbonyl (C=O) groups excluding carboxylic acids is 2. The molecule has 3 rings (SSSR count). The van der Waals surface area contributed by atoms with Crippen LogP contribution in [0.4, 0.5) is 17.6 Å². The summed E-state index contributed by atoms with van der Waals surface area (Å²) >= 11 is 0. The summed E-state index contributed by atoms with van der Waals surface area (Å²) in [5.74, 6) is -3.47. The minimum Gasteiger partial charge on any atom is -0.494 e. The molecule has 244 valence electrons. The Labute approximate surface area is 262 Å². The van der Waals surface area contributed by atoms with Crippen LogP contribution in [0.1, 0.15) is 105 Å². The maximum Gasteiger partial charge on any atom is 0.425 e. The predicted molar refractivity (Wildman–Crippen MR) is 166 cm³/mol. The Bertz CT molecular complexity index is 1340. The van der Waals surface area contributed by atoms with Crippen LogP contribution in [0.15, 0.2) is 66.7 Å². The van der Waals surface area contributed by atoms with Crippen molar-refractivity contribution in [1.29, 1.82) is 0 Å². The average Bonchev–Trinajstić information content (AvgIpc) is 3.03. The monoisotopic (exact) mass is 630 g/mol. The third kappa shape index (κ3) is 11.5. The lowest BCUT2D eigenvalue weighted by atomic mass is 10.0. The maximum absolute atomic E-state index is 15.1. The molecule has 3 aromatic rings. The van der Waals surface area contributed by atoms with Gasteiger partial charge in [0.2, 0.25) is 0 Å². The number of rotatable bonds is 18. The molecule has 9 heteroatoms. The molecule has 45 heavy (non-hydrogen) atoms. The second kappa shape index (κ2) is 18.2. The number of hydrogen-bond donors (Lipinski definition) is 0. The summed E-state index contributed by atoms with van der Waals surface area (Å²) in [6, 6.07) is 17.4. The number of ether oxygens (including phenoxy) is 3. The van der Waals surface area contributed by atoms with Crippen LogP contribution in [0.25, 0.3) is 11.1 Å². The number of carbonyl (C=O) groups is 2. The fraction of sp³-hybridized carbons (Fsp3) is 0.444. The maximum atomic E-state index is 15.1. The summed E-state index contributed by atoms with van der Waals surface area (Å²) in [5.41, 5.74) is 1.10. The lowest BCUT2D eigenvalue weighted by Gasteiger charge is -2.21. The molecule has 0 aliphatic heterocycles. The van der Waals surface area contributed by atoms with E-state index in [1.165, 1.54) is 43.9 Å². The van der Waals surface area contributed by atoms with Crippen molar-refractivity contribution in [1.82, 2.24) is 0 Å². The van der Waals surface area contributed by atoms with E-state index in [1.54, 1.807) is 12.1 Å². The van der Waals surface area contributed by atoms with Crippen molar-refractivity contribution in [3.05, 3.63) is 83.7 Å². The minimum absolute atomic E-state index is 0.120. The number of hydrogen-bond acceptors (Lipinski definition) is 5. The van der Waals surface area contributed by atoms with Crippen molar-refractivity contribution >= 4 is 11.9 Å². The first kappa shape index (κ1) is 35.6. The smallest absolute Gasteiger partial charge is 0.425 e. The fourth-order valence-electron chi connectivity index (χ4n) is 4.76. The molecule has 0 aliphatic carbocycles. The van der Waals surface area contributed by atoms with Crippen LogP contribution in [-0.4, -0.2) is 30.8 Å². The van der Waals surface area contributed by atoms with Crippen molar-refractivity contribution in [2.24, 2.45) is 0 Å². The Hall–Kier alpha value is -3.88. The van der Waals surface area contributed by atoms with Crippen LogP contribution in [0, 0.1) is 5.82 Å². The van der Waals surface area contributed by atoms with Crippen LogP contribution in [-0.2, 0) is 4.74 Å². The number of esters is 2. The third-order valence-corrected chi connectivity index (χ3v) is 7.39. The number of benzene rings is 3. The number of alkyl halides is 3. The van der Waals surface area contributed by atoms with Crippen LogP contribution in [0.3, 0.4) is 0 Å². The normalized spacial score (nSPS) is 12.0. The number of unbranched alkanes of at least 4 members (excludes halogenated alkanes) is 8.